The highest BCUT2D eigenvalue weighted by Crippen LogP contribution is 2.56. The van der Waals surface area contributed by atoms with E-state index in [1.54, 1.807) is 24.0 Å². The normalized spacial score (nSPS) is 24.0. The van der Waals surface area contributed by atoms with E-state index in [0.29, 0.717) is 24.1 Å². The highest BCUT2D eigenvalue weighted by Gasteiger charge is 2.62. The second-order valence-electron chi connectivity index (χ2n) is 9.98. The molecule has 0 aromatic heterocycles. The van der Waals surface area contributed by atoms with Gasteiger partial charge in [-0.1, -0.05) is 48.5 Å². The van der Waals surface area contributed by atoms with Gasteiger partial charge in [-0.3, -0.25) is 9.52 Å². The van der Waals surface area contributed by atoms with Gasteiger partial charge in [0.25, 0.3) is 5.91 Å². The van der Waals surface area contributed by atoms with Gasteiger partial charge in [-0.05, 0) is 75.1 Å². The summed E-state index contributed by atoms with van der Waals surface area (Å²) in [5.74, 6) is -0.597. The quantitative estimate of drug-likeness (QED) is 0.469. The molecular weight excluding hydrogens is 468 g/mol. The minimum absolute atomic E-state index is 0.0221. The number of alkyl halides is 1. The number of carbonyl (C=O) groups excluding carboxylic acids is 1. The molecule has 3 aliphatic rings. The zero-order valence-electron chi connectivity index (χ0n) is 20.3. The van der Waals surface area contributed by atoms with E-state index >= 15 is 4.39 Å². The molecule has 35 heavy (non-hydrogen) atoms. The molecule has 2 aromatic carbocycles. The third-order valence-electron chi connectivity index (χ3n) is 7.75. The Hall–Kier alpha value is -2.00. The molecule has 1 saturated heterocycles. The molecule has 2 aromatic rings. The Morgan fingerprint density at radius 1 is 1.20 bits per heavy atom. The van der Waals surface area contributed by atoms with E-state index < -0.39 is 11.6 Å². The summed E-state index contributed by atoms with van der Waals surface area (Å²) in [5.41, 5.74) is 4.81. The first-order chi connectivity index (χ1) is 16.9. The summed E-state index contributed by atoms with van der Waals surface area (Å²) in [7, 11) is 1.50. The lowest BCUT2D eigenvalue weighted by atomic mass is 9.91. The molecule has 3 fully saturated rings. The molecular formula is C27H35F2N3O2S. The van der Waals surface area contributed by atoms with Crippen LogP contribution in [0.5, 0.6) is 0 Å². The monoisotopic (exact) mass is 503 g/mol. The number of aliphatic hydroxyl groups is 1. The number of benzene rings is 2. The molecule has 1 heterocycles. The van der Waals surface area contributed by atoms with Crippen LogP contribution in [0.25, 0.3) is 11.1 Å². The fourth-order valence-corrected chi connectivity index (χ4v) is 6.11. The molecule has 3 unspecified atom stereocenters. The molecule has 1 aliphatic heterocycles. The van der Waals surface area contributed by atoms with Crippen LogP contribution in [0, 0.1) is 17.2 Å². The van der Waals surface area contributed by atoms with E-state index in [4.69, 9.17) is 0 Å². The fraction of sp³-hybridized carbons (Fsp3) is 0.519. The third kappa shape index (κ3) is 5.12. The number of hydrogen-bond acceptors (Lipinski definition) is 5. The van der Waals surface area contributed by atoms with Gasteiger partial charge in [0.05, 0.1) is 6.04 Å². The Balaban J connectivity index is 0.00000141. The minimum Gasteiger partial charge on any atom is -0.380 e. The molecule has 8 heteroatoms. The van der Waals surface area contributed by atoms with E-state index in [1.165, 1.54) is 7.05 Å². The SMILES string of the molecule is CC(O)(C(=O)N1CC2(CC2)C(NSCF)C1Cc1cccc(-c2ccccc2)c1F)C1CC1.CN. The number of nitrogens with zero attached hydrogens (tertiary/aromatic N) is 1. The van der Waals surface area contributed by atoms with Crippen LogP contribution < -0.4 is 10.5 Å². The number of hydrogen-bond donors (Lipinski definition) is 3. The van der Waals surface area contributed by atoms with Crippen LogP contribution in [-0.4, -0.2) is 53.2 Å². The molecule has 1 spiro atoms. The van der Waals surface area contributed by atoms with E-state index in [0.717, 1.165) is 43.2 Å². The molecule has 1 amide bonds. The molecule has 2 aliphatic carbocycles. The Kier molecular flexibility index (Phi) is 7.86. The number of nitrogens with two attached hydrogens (primary N) is 1. The zero-order valence-corrected chi connectivity index (χ0v) is 21.2. The average molecular weight is 504 g/mol. The maximum absolute atomic E-state index is 15.7. The van der Waals surface area contributed by atoms with Gasteiger partial charge in [0.1, 0.15) is 17.4 Å². The van der Waals surface area contributed by atoms with Gasteiger partial charge in [-0.2, -0.15) is 0 Å². The Labute approximate surface area is 210 Å². The summed E-state index contributed by atoms with van der Waals surface area (Å²) in [4.78, 5) is 15.3. The van der Waals surface area contributed by atoms with E-state index in [1.807, 2.05) is 36.4 Å². The lowest BCUT2D eigenvalue weighted by Gasteiger charge is -2.34. The smallest absolute Gasteiger partial charge is 0.254 e. The number of nitrogens with one attached hydrogen (secondary N) is 1. The summed E-state index contributed by atoms with van der Waals surface area (Å²) < 4.78 is 32.0. The highest BCUT2D eigenvalue weighted by atomic mass is 32.2. The standard InChI is InChI=1S/C26H30F2N2O2S.CH5N/c1-25(32,19-10-11-19)24(31)30-15-26(12-13-26)23(29-33-16-27)21(30)14-18-8-5-9-20(22(18)28)17-6-3-2-4-7-17;1-2/h2-9,19,21,23,29,32H,10-16H2,1H3;2H2,1H3. The predicted octanol–water partition coefficient (Wildman–Crippen LogP) is 4.30. The summed E-state index contributed by atoms with van der Waals surface area (Å²) in [5, 5.41) is 11.0. The Morgan fingerprint density at radius 3 is 2.49 bits per heavy atom. The first-order valence-corrected chi connectivity index (χ1v) is 13.2. The number of likely N-dealkylation sites (tertiary alicyclic amines) is 1. The third-order valence-corrected chi connectivity index (χ3v) is 8.28. The van der Waals surface area contributed by atoms with Gasteiger partial charge < -0.3 is 15.7 Å². The van der Waals surface area contributed by atoms with Crippen LogP contribution in [0.4, 0.5) is 8.78 Å². The predicted molar refractivity (Wildman–Crippen MR) is 137 cm³/mol. The highest BCUT2D eigenvalue weighted by molar-refractivity contribution is 7.97. The van der Waals surface area contributed by atoms with Gasteiger partial charge in [-0.15, -0.1) is 0 Å². The summed E-state index contributed by atoms with van der Waals surface area (Å²) in [6, 6.07) is 13.7. The van der Waals surface area contributed by atoms with Crippen molar-refractivity contribution < 1.29 is 18.7 Å². The van der Waals surface area contributed by atoms with E-state index in [2.05, 4.69) is 10.5 Å². The Bertz CT molecular complexity index is 1030. The maximum Gasteiger partial charge on any atom is 0.254 e. The van der Waals surface area contributed by atoms with Crippen molar-refractivity contribution in [2.75, 3.05) is 19.6 Å². The summed E-state index contributed by atoms with van der Waals surface area (Å²) in [6.45, 7) is 2.13. The number of rotatable bonds is 8. The summed E-state index contributed by atoms with van der Waals surface area (Å²) in [6.07, 6.45) is 3.88. The van der Waals surface area contributed by atoms with Gasteiger partial charge in [-0.25, -0.2) is 8.78 Å². The average Bonchev–Trinajstić information content (AvgIpc) is 3.80. The molecule has 4 N–H and O–H groups in total. The lowest BCUT2D eigenvalue weighted by molar-refractivity contribution is -0.152. The lowest BCUT2D eigenvalue weighted by Crippen LogP contribution is -2.53. The van der Waals surface area contributed by atoms with E-state index in [9.17, 15) is 14.3 Å². The van der Waals surface area contributed by atoms with Crippen molar-refractivity contribution in [3.8, 4) is 11.1 Å². The van der Waals surface area contributed by atoms with Crippen molar-refractivity contribution in [1.82, 2.24) is 9.62 Å². The molecule has 190 valence electrons. The van der Waals surface area contributed by atoms with Crippen molar-refractivity contribution in [3.05, 3.63) is 59.9 Å². The molecule has 3 atom stereocenters. The van der Waals surface area contributed by atoms with Crippen molar-refractivity contribution in [2.45, 2.75) is 56.7 Å². The molecule has 2 saturated carbocycles. The first-order valence-electron chi connectivity index (χ1n) is 12.2. The molecule has 0 bridgehead atoms. The largest absolute Gasteiger partial charge is 0.380 e. The van der Waals surface area contributed by atoms with Crippen molar-refractivity contribution >= 4 is 17.9 Å². The summed E-state index contributed by atoms with van der Waals surface area (Å²) >= 11 is 0.995. The Morgan fingerprint density at radius 2 is 1.89 bits per heavy atom. The van der Waals surface area contributed by atoms with Gasteiger partial charge in [0.2, 0.25) is 0 Å². The topological polar surface area (TPSA) is 78.6 Å². The van der Waals surface area contributed by atoms with Crippen LogP contribution in [0.15, 0.2) is 48.5 Å². The maximum atomic E-state index is 15.7. The first kappa shape index (κ1) is 26.1. The molecule has 5 rings (SSSR count). The van der Waals surface area contributed by atoms with Crippen LogP contribution in [0.2, 0.25) is 0 Å². The van der Waals surface area contributed by atoms with Gasteiger partial charge in [0.15, 0.2) is 0 Å². The van der Waals surface area contributed by atoms with E-state index in [-0.39, 0.29) is 35.1 Å². The fourth-order valence-electron chi connectivity index (χ4n) is 5.46. The second kappa shape index (κ2) is 10.5. The van der Waals surface area contributed by atoms with Crippen molar-refractivity contribution in [1.29, 1.82) is 0 Å². The van der Waals surface area contributed by atoms with Crippen LogP contribution >= 0.6 is 11.9 Å². The van der Waals surface area contributed by atoms with Crippen LogP contribution in [0.1, 0.15) is 38.2 Å². The van der Waals surface area contributed by atoms with Gasteiger partial charge in [0, 0.05) is 23.6 Å². The van der Waals surface area contributed by atoms with Gasteiger partial charge >= 0.3 is 0 Å². The van der Waals surface area contributed by atoms with Crippen molar-refractivity contribution in [2.24, 2.45) is 17.1 Å². The molecule has 0 radical (unpaired) electrons. The van der Waals surface area contributed by atoms with Crippen LogP contribution in [-0.2, 0) is 11.2 Å². The second-order valence-corrected chi connectivity index (χ2v) is 10.7. The zero-order chi connectivity index (χ0) is 25.2. The number of amides is 1. The van der Waals surface area contributed by atoms with Crippen molar-refractivity contribution in [3.63, 3.8) is 0 Å². The molecule has 5 nitrogen and oxygen atoms in total. The number of carbonyl (C=O) groups is 1. The van der Waals surface area contributed by atoms with Crippen LogP contribution in [0.3, 0.4) is 0 Å². The minimum atomic E-state index is -1.42. The number of halogens is 2.